The Morgan fingerprint density at radius 3 is 2.44 bits per heavy atom. The minimum Gasteiger partial charge on any atom is -0.381 e. The average molecular weight is 227 g/mol. The van der Waals surface area contributed by atoms with Crippen molar-refractivity contribution in [2.45, 2.75) is 18.9 Å². The second kappa shape index (κ2) is 4.11. The number of benzene rings is 1. The summed E-state index contributed by atoms with van der Waals surface area (Å²) in [6, 6.07) is 3.44. The maximum Gasteiger partial charge on any atom is 0.126 e. The summed E-state index contributed by atoms with van der Waals surface area (Å²) < 4.78 is 31.5. The zero-order valence-corrected chi connectivity index (χ0v) is 9.17. The first-order chi connectivity index (χ1) is 7.50. The molecule has 1 heterocycles. The smallest absolute Gasteiger partial charge is 0.126 e. The standard InChI is InChI=1S/C12H15F2NO/c1-12(15,8-2-3-16-7-8)9-4-10(13)6-11(14)5-9/h4-6,8H,2-3,7,15H2,1H3. The van der Waals surface area contributed by atoms with Gasteiger partial charge in [0.1, 0.15) is 11.6 Å². The quantitative estimate of drug-likeness (QED) is 0.840. The van der Waals surface area contributed by atoms with Crippen molar-refractivity contribution < 1.29 is 13.5 Å². The molecule has 2 atom stereocenters. The van der Waals surface area contributed by atoms with E-state index in [1.165, 1.54) is 12.1 Å². The van der Waals surface area contributed by atoms with Gasteiger partial charge in [-0.05, 0) is 31.0 Å². The topological polar surface area (TPSA) is 35.2 Å². The highest BCUT2D eigenvalue weighted by Crippen LogP contribution is 2.33. The molecule has 2 nitrogen and oxygen atoms in total. The van der Waals surface area contributed by atoms with Crippen LogP contribution >= 0.6 is 0 Å². The molecule has 2 rings (SSSR count). The lowest BCUT2D eigenvalue weighted by Gasteiger charge is -2.31. The van der Waals surface area contributed by atoms with E-state index in [0.29, 0.717) is 18.8 Å². The highest BCUT2D eigenvalue weighted by molar-refractivity contribution is 5.26. The minimum atomic E-state index is -0.751. The van der Waals surface area contributed by atoms with Gasteiger partial charge < -0.3 is 10.5 Å². The Bertz CT molecular complexity index is 366. The summed E-state index contributed by atoms with van der Waals surface area (Å²) in [5, 5.41) is 0. The van der Waals surface area contributed by atoms with Crippen LogP contribution in [0.3, 0.4) is 0 Å². The van der Waals surface area contributed by atoms with E-state index in [0.717, 1.165) is 12.5 Å². The van der Waals surface area contributed by atoms with Crippen LogP contribution in [0.5, 0.6) is 0 Å². The zero-order chi connectivity index (χ0) is 11.8. The van der Waals surface area contributed by atoms with Crippen molar-refractivity contribution in [1.82, 2.24) is 0 Å². The molecule has 0 aliphatic carbocycles. The highest BCUT2D eigenvalue weighted by Gasteiger charge is 2.35. The second-order valence-corrected chi connectivity index (χ2v) is 4.50. The third-order valence-corrected chi connectivity index (χ3v) is 3.26. The number of hydrogen-bond acceptors (Lipinski definition) is 2. The van der Waals surface area contributed by atoms with Crippen molar-refractivity contribution >= 4 is 0 Å². The van der Waals surface area contributed by atoms with Crippen molar-refractivity contribution in [3.05, 3.63) is 35.4 Å². The highest BCUT2D eigenvalue weighted by atomic mass is 19.1. The molecule has 1 aliphatic rings. The fourth-order valence-corrected chi connectivity index (χ4v) is 2.11. The predicted molar refractivity (Wildman–Crippen MR) is 56.8 cm³/mol. The van der Waals surface area contributed by atoms with Gasteiger partial charge in [0.15, 0.2) is 0 Å². The summed E-state index contributed by atoms with van der Waals surface area (Å²) in [5.41, 5.74) is 5.90. The number of ether oxygens (including phenoxy) is 1. The Kier molecular flexibility index (Phi) is 2.95. The molecule has 1 fully saturated rings. The Morgan fingerprint density at radius 2 is 1.94 bits per heavy atom. The van der Waals surface area contributed by atoms with Gasteiger partial charge >= 0.3 is 0 Å². The molecule has 0 bridgehead atoms. The maximum atomic E-state index is 13.1. The number of nitrogens with two attached hydrogens (primary N) is 1. The summed E-state index contributed by atoms with van der Waals surface area (Å²) in [4.78, 5) is 0. The van der Waals surface area contributed by atoms with E-state index in [1.807, 2.05) is 0 Å². The third kappa shape index (κ3) is 2.08. The second-order valence-electron chi connectivity index (χ2n) is 4.50. The van der Waals surface area contributed by atoms with Crippen LogP contribution in [0, 0.1) is 17.6 Å². The van der Waals surface area contributed by atoms with Crippen LogP contribution in [0.15, 0.2) is 18.2 Å². The van der Waals surface area contributed by atoms with Crippen LogP contribution in [-0.4, -0.2) is 13.2 Å². The van der Waals surface area contributed by atoms with Crippen LogP contribution in [-0.2, 0) is 10.3 Å². The van der Waals surface area contributed by atoms with Gasteiger partial charge in [0.05, 0.1) is 6.61 Å². The largest absolute Gasteiger partial charge is 0.381 e. The molecule has 4 heteroatoms. The summed E-state index contributed by atoms with van der Waals surface area (Å²) in [6.45, 7) is 3.00. The third-order valence-electron chi connectivity index (χ3n) is 3.26. The van der Waals surface area contributed by atoms with E-state index in [2.05, 4.69) is 0 Å². The number of hydrogen-bond donors (Lipinski definition) is 1. The van der Waals surface area contributed by atoms with Gasteiger partial charge in [-0.1, -0.05) is 0 Å². The summed E-state index contributed by atoms with van der Waals surface area (Å²) in [6.07, 6.45) is 0.825. The molecule has 0 amide bonds. The lowest BCUT2D eigenvalue weighted by Crippen LogP contribution is -2.41. The van der Waals surface area contributed by atoms with Crippen LogP contribution < -0.4 is 5.73 Å². The van der Waals surface area contributed by atoms with E-state index < -0.39 is 17.2 Å². The molecule has 0 aromatic heterocycles. The van der Waals surface area contributed by atoms with Gasteiger partial charge in [-0.3, -0.25) is 0 Å². The van der Waals surface area contributed by atoms with Crippen LogP contribution in [0.2, 0.25) is 0 Å². The maximum absolute atomic E-state index is 13.1. The Hall–Kier alpha value is -1.00. The van der Waals surface area contributed by atoms with Crippen molar-refractivity contribution in [3.8, 4) is 0 Å². The normalized spacial score (nSPS) is 24.4. The number of halogens is 2. The van der Waals surface area contributed by atoms with Gasteiger partial charge in [-0.15, -0.1) is 0 Å². The van der Waals surface area contributed by atoms with Crippen molar-refractivity contribution in [2.24, 2.45) is 11.7 Å². The Morgan fingerprint density at radius 1 is 1.31 bits per heavy atom. The number of rotatable bonds is 2. The molecule has 2 unspecified atom stereocenters. The molecule has 1 aliphatic heterocycles. The van der Waals surface area contributed by atoms with Gasteiger partial charge in [0.2, 0.25) is 0 Å². The molecule has 1 aromatic rings. The zero-order valence-electron chi connectivity index (χ0n) is 9.17. The Balaban J connectivity index is 2.33. The lowest BCUT2D eigenvalue weighted by molar-refractivity contribution is 0.166. The van der Waals surface area contributed by atoms with Crippen molar-refractivity contribution in [2.75, 3.05) is 13.2 Å². The monoisotopic (exact) mass is 227 g/mol. The first-order valence-corrected chi connectivity index (χ1v) is 5.33. The fourth-order valence-electron chi connectivity index (χ4n) is 2.11. The van der Waals surface area contributed by atoms with Gasteiger partial charge in [-0.25, -0.2) is 8.78 Å². The van der Waals surface area contributed by atoms with Crippen LogP contribution in [0.4, 0.5) is 8.78 Å². The van der Waals surface area contributed by atoms with E-state index in [9.17, 15) is 8.78 Å². The van der Waals surface area contributed by atoms with Gasteiger partial charge in [0.25, 0.3) is 0 Å². The van der Waals surface area contributed by atoms with E-state index in [-0.39, 0.29) is 5.92 Å². The lowest BCUT2D eigenvalue weighted by atomic mass is 9.80. The molecule has 88 valence electrons. The van der Waals surface area contributed by atoms with Gasteiger partial charge in [-0.2, -0.15) is 0 Å². The summed E-state index contributed by atoms with van der Waals surface area (Å²) in [7, 11) is 0. The first kappa shape index (κ1) is 11.5. The molecule has 1 saturated heterocycles. The average Bonchev–Trinajstić information content (AvgIpc) is 2.69. The van der Waals surface area contributed by atoms with E-state index >= 15 is 0 Å². The molecule has 0 radical (unpaired) electrons. The molecule has 16 heavy (non-hydrogen) atoms. The van der Waals surface area contributed by atoms with Crippen molar-refractivity contribution in [3.63, 3.8) is 0 Å². The summed E-state index contributed by atoms with van der Waals surface area (Å²) >= 11 is 0. The minimum absolute atomic E-state index is 0.105. The fraction of sp³-hybridized carbons (Fsp3) is 0.500. The van der Waals surface area contributed by atoms with E-state index in [1.54, 1.807) is 6.92 Å². The molecular weight excluding hydrogens is 212 g/mol. The summed E-state index contributed by atoms with van der Waals surface area (Å²) in [5.74, 6) is -1.08. The molecule has 0 spiro atoms. The molecule has 2 N–H and O–H groups in total. The van der Waals surface area contributed by atoms with E-state index in [4.69, 9.17) is 10.5 Å². The molecule has 1 aromatic carbocycles. The molecular formula is C12H15F2NO. The molecule has 0 saturated carbocycles. The SMILES string of the molecule is CC(N)(c1cc(F)cc(F)c1)C1CCOC1. The first-order valence-electron chi connectivity index (χ1n) is 5.33. The van der Waals surface area contributed by atoms with Gasteiger partial charge in [0, 0.05) is 24.1 Å². The Labute approximate surface area is 93.4 Å². The van der Waals surface area contributed by atoms with Crippen molar-refractivity contribution in [1.29, 1.82) is 0 Å². The van der Waals surface area contributed by atoms with Crippen LogP contribution in [0.25, 0.3) is 0 Å². The predicted octanol–water partition coefficient (Wildman–Crippen LogP) is 2.18. The van der Waals surface area contributed by atoms with Crippen LogP contribution in [0.1, 0.15) is 18.9 Å².